The molecule has 1 heterocycles. The van der Waals surface area contributed by atoms with Crippen molar-refractivity contribution in [3.8, 4) is 23.0 Å². The third-order valence-corrected chi connectivity index (χ3v) is 5.25. The molecule has 0 spiro atoms. The second-order valence-corrected chi connectivity index (χ2v) is 7.43. The van der Waals surface area contributed by atoms with Crippen molar-refractivity contribution in [1.82, 2.24) is 9.88 Å². The van der Waals surface area contributed by atoms with Crippen LogP contribution in [0.2, 0.25) is 0 Å². The first-order valence-electron chi connectivity index (χ1n) is 10.9. The molecule has 0 saturated heterocycles. The number of anilines is 1. The average molecular weight is 437 g/mol. The second-order valence-electron chi connectivity index (χ2n) is 7.43. The molecule has 0 aliphatic heterocycles. The van der Waals surface area contributed by atoms with Gasteiger partial charge in [-0.1, -0.05) is 13.8 Å². The van der Waals surface area contributed by atoms with Crippen molar-refractivity contribution in [3.05, 3.63) is 48.2 Å². The molecule has 0 saturated carbocycles. The van der Waals surface area contributed by atoms with Crippen LogP contribution in [0.1, 0.15) is 32.3 Å². The van der Waals surface area contributed by atoms with E-state index in [9.17, 15) is 0 Å². The molecular formula is C25H32N4O3. The molecule has 7 nitrogen and oxygen atoms in total. The summed E-state index contributed by atoms with van der Waals surface area (Å²) in [5, 5.41) is 12.8. The van der Waals surface area contributed by atoms with Gasteiger partial charge in [0, 0.05) is 55.1 Å². The summed E-state index contributed by atoms with van der Waals surface area (Å²) in [5.74, 6) is 3.10. The molecule has 0 fully saturated rings. The number of pyridine rings is 1. The van der Waals surface area contributed by atoms with E-state index in [4.69, 9.17) is 19.6 Å². The van der Waals surface area contributed by atoms with Gasteiger partial charge in [-0.25, -0.2) is 0 Å². The highest BCUT2D eigenvalue weighted by Gasteiger charge is 2.16. The molecule has 0 radical (unpaired) electrons. The van der Waals surface area contributed by atoms with Crippen molar-refractivity contribution in [2.75, 3.05) is 39.7 Å². The Bertz CT molecular complexity index is 1080. The van der Waals surface area contributed by atoms with Crippen molar-refractivity contribution in [2.24, 2.45) is 0 Å². The zero-order valence-corrected chi connectivity index (χ0v) is 19.5. The lowest BCUT2D eigenvalue weighted by molar-refractivity contribution is 0.355. The van der Waals surface area contributed by atoms with Gasteiger partial charge in [0.2, 0.25) is 0 Å². The van der Waals surface area contributed by atoms with Crippen LogP contribution in [0.3, 0.4) is 0 Å². The minimum atomic E-state index is 0.524. The minimum absolute atomic E-state index is 0.524. The number of nitrogens with one attached hydrogen (secondary N) is 2. The van der Waals surface area contributed by atoms with Crippen LogP contribution in [-0.4, -0.2) is 50.1 Å². The summed E-state index contributed by atoms with van der Waals surface area (Å²) in [7, 11) is 5.07. The van der Waals surface area contributed by atoms with E-state index in [1.54, 1.807) is 20.4 Å². The maximum Gasteiger partial charge on any atom is 0.162 e. The summed E-state index contributed by atoms with van der Waals surface area (Å²) >= 11 is 0. The number of rotatable bonds is 10. The van der Waals surface area contributed by atoms with E-state index < -0.39 is 0 Å². The molecular weight excluding hydrogens is 404 g/mol. The predicted molar refractivity (Wildman–Crippen MR) is 130 cm³/mol. The van der Waals surface area contributed by atoms with Crippen molar-refractivity contribution < 1.29 is 14.2 Å². The van der Waals surface area contributed by atoms with Gasteiger partial charge in [-0.2, -0.15) is 0 Å². The Kier molecular flexibility index (Phi) is 7.76. The lowest BCUT2D eigenvalue weighted by Gasteiger charge is -2.25. The van der Waals surface area contributed by atoms with E-state index in [0.29, 0.717) is 28.8 Å². The van der Waals surface area contributed by atoms with Gasteiger partial charge in [-0.05, 0) is 37.1 Å². The highest BCUT2D eigenvalue weighted by atomic mass is 16.5. The summed E-state index contributed by atoms with van der Waals surface area (Å²) in [6.45, 7) is 6.00. The van der Waals surface area contributed by atoms with Crippen LogP contribution in [0.15, 0.2) is 42.6 Å². The monoisotopic (exact) mass is 436 g/mol. The van der Waals surface area contributed by atoms with Gasteiger partial charge in [0.25, 0.3) is 0 Å². The van der Waals surface area contributed by atoms with Gasteiger partial charge >= 0.3 is 0 Å². The first-order valence-corrected chi connectivity index (χ1v) is 10.9. The number of benzene rings is 2. The molecule has 1 aromatic heterocycles. The summed E-state index contributed by atoms with van der Waals surface area (Å²) in [5.41, 5.74) is 2.46. The van der Waals surface area contributed by atoms with Gasteiger partial charge in [-0.3, -0.25) is 10.4 Å². The molecule has 0 atom stereocenters. The topological polar surface area (TPSA) is 79.7 Å². The fourth-order valence-electron chi connectivity index (χ4n) is 3.71. The van der Waals surface area contributed by atoms with Gasteiger partial charge in [0.05, 0.1) is 19.7 Å². The van der Waals surface area contributed by atoms with E-state index in [0.717, 1.165) is 48.1 Å². The SMILES string of the molecule is CCCN(CCC)C(=N)c1ccc(Oc2ccnc3cc(OC)c(OC)cc23)cc1NC. The fourth-order valence-corrected chi connectivity index (χ4v) is 3.71. The van der Waals surface area contributed by atoms with Crippen molar-refractivity contribution in [1.29, 1.82) is 5.41 Å². The molecule has 0 unspecified atom stereocenters. The van der Waals surface area contributed by atoms with Crippen molar-refractivity contribution >= 4 is 22.4 Å². The molecule has 0 amide bonds. The van der Waals surface area contributed by atoms with Crippen LogP contribution in [0.25, 0.3) is 10.9 Å². The van der Waals surface area contributed by atoms with E-state index >= 15 is 0 Å². The van der Waals surface area contributed by atoms with Gasteiger partial charge in [-0.15, -0.1) is 0 Å². The summed E-state index contributed by atoms with van der Waals surface area (Å²) < 4.78 is 17.1. The molecule has 0 aliphatic carbocycles. The average Bonchev–Trinajstić information content (AvgIpc) is 2.82. The molecule has 32 heavy (non-hydrogen) atoms. The largest absolute Gasteiger partial charge is 0.493 e. The van der Waals surface area contributed by atoms with Gasteiger partial charge in [0.1, 0.15) is 17.3 Å². The molecule has 0 aliphatic rings. The number of methoxy groups -OCH3 is 2. The second kappa shape index (κ2) is 10.7. The van der Waals surface area contributed by atoms with Gasteiger partial charge < -0.3 is 24.4 Å². The Morgan fingerprint density at radius 2 is 1.66 bits per heavy atom. The summed E-state index contributed by atoms with van der Waals surface area (Å²) in [6, 6.07) is 11.3. The number of hydrogen-bond acceptors (Lipinski definition) is 6. The van der Waals surface area contributed by atoms with Crippen LogP contribution in [0.4, 0.5) is 5.69 Å². The van der Waals surface area contributed by atoms with Crippen molar-refractivity contribution in [2.45, 2.75) is 26.7 Å². The zero-order chi connectivity index (χ0) is 23.1. The standard InChI is InChI=1S/C25H32N4O3/c1-6-12-29(13-7-2)25(26)18-9-8-17(14-20(18)27-3)32-22-10-11-28-21-16-24(31-5)23(30-4)15-19(21)22/h8-11,14-16,26-27H,6-7,12-13H2,1-5H3. The highest BCUT2D eigenvalue weighted by Crippen LogP contribution is 2.37. The third-order valence-electron chi connectivity index (χ3n) is 5.25. The molecule has 2 N–H and O–H groups in total. The first-order chi connectivity index (χ1) is 15.6. The van der Waals surface area contributed by atoms with E-state index in [2.05, 4.69) is 29.0 Å². The number of ether oxygens (including phenoxy) is 3. The Labute approximate surface area is 189 Å². The van der Waals surface area contributed by atoms with E-state index in [-0.39, 0.29) is 0 Å². The van der Waals surface area contributed by atoms with Crippen LogP contribution < -0.4 is 19.5 Å². The normalized spacial score (nSPS) is 10.7. The molecule has 7 heteroatoms. The summed E-state index contributed by atoms with van der Waals surface area (Å²) in [6.07, 6.45) is 3.71. The molecule has 3 aromatic rings. The molecule has 170 valence electrons. The fraction of sp³-hybridized carbons (Fsp3) is 0.360. The summed E-state index contributed by atoms with van der Waals surface area (Å²) in [4.78, 5) is 6.55. The van der Waals surface area contributed by atoms with Crippen LogP contribution >= 0.6 is 0 Å². The Balaban J connectivity index is 1.95. The highest BCUT2D eigenvalue weighted by molar-refractivity contribution is 6.01. The van der Waals surface area contributed by atoms with Crippen LogP contribution in [0.5, 0.6) is 23.0 Å². The molecule has 3 rings (SSSR count). The number of fused-ring (bicyclic) bond motifs is 1. The maximum atomic E-state index is 8.73. The van der Waals surface area contributed by atoms with Crippen LogP contribution in [0, 0.1) is 5.41 Å². The van der Waals surface area contributed by atoms with Crippen molar-refractivity contribution in [3.63, 3.8) is 0 Å². The Hall–Kier alpha value is -3.48. The Morgan fingerprint density at radius 1 is 0.969 bits per heavy atom. The number of amidine groups is 1. The molecule has 0 bridgehead atoms. The maximum absolute atomic E-state index is 8.73. The predicted octanol–water partition coefficient (Wildman–Crippen LogP) is 5.53. The smallest absolute Gasteiger partial charge is 0.162 e. The first kappa shape index (κ1) is 23.2. The van der Waals surface area contributed by atoms with Crippen LogP contribution in [-0.2, 0) is 0 Å². The van der Waals surface area contributed by atoms with E-state index in [1.807, 2.05) is 43.4 Å². The number of hydrogen-bond donors (Lipinski definition) is 2. The van der Waals surface area contributed by atoms with E-state index in [1.165, 1.54) is 0 Å². The number of aromatic nitrogens is 1. The quantitative estimate of drug-likeness (QED) is 0.321. The Morgan fingerprint density at radius 3 is 2.28 bits per heavy atom. The molecule has 2 aromatic carbocycles. The third kappa shape index (κ3) is 4.88. The van der Waals surface area contributed by atoms with Gasteiger partial charge in [0.15, 0.2) is 11.5 Å². The lowest BCUT2D eigenvalue weighted by Crippen LogP contribution is -2.33. The lowest BCUT2D eigenvalue weighted by atomic mass is 10.1. The minimum Gasteiger partial charge on any atom is -0.493 e. The number of nitrogens with zero attached hydrogens (tertiary/aromatic N) is 2. The zero-order valence-electron chi connectivity index (χ0n) is 19.5.